The molecule has 1 atom stereocenters. The van der Waals surface area contributed by atoms with Gasteiger partial charge in [-0.25, -0.2) is 4.79 Å². The third-order valence-electron chi connectivity index (χ3n) is 7.29. The van der Waals surface area contributed by atoms with Gasteiger partial charge in [-0.05, 0) is 42.0 Å². The third-order valence-corrected chi connectivity index (χ3v) is 7.29. The fourth-order valence-corrected chi connectivity index (χ4v) is 4.87. The van der Waals surface area contributed by atoms with E-state index in [0.717, 1.165) is 22.3 Å². The summed E-state index contributed by atoms with van der Waals surface area (Å²) in [6, 6.07) is 16.3. The highest BCUT2D eigenvalue weighted by molar-refractivity contribution is 5.80. The summed E-state index contributed by atoms with van der Waals surface area (Å²) in [6.45, 7) is 2.87. The number of ether oxygens (including phenoxy) is 2. The van der Waals surface area contributed by atoms with E-state index in [1.54, 1.807) is 11.8 Å². The van der Waals surface area contributed by atoms with Gasteiger partial charge in [-0.2, -0.15) is 0 Å². The van der Waals surface area contributed by atoms with Gasteiger partial charge in [0.05, 0.1) is 17.9 Å². The molecule has 2 amide bonds. The minimum atomic E-state index is -0.827. The lowest BCUT2D eigenvalue weighted by Crippen LogP contribution is -2.46. The van der Waals surface area contributed by atoms with Crippen LogP contribution in [0, 0.1) is 5.41 Å². The van der Waals surface area contributed by atoms with Gasteiger partial charge >= 0.3 is 12.1 Å². The second-order valence-corrected chi connectivity index (χ2v) is 9.51. The number of hydrogen-bond donors (Lipinski definition) is 2. The predicted octanol–water partition coefficient (Wildman–Crippen LogP) is 3.64. The van der Waals surface area contributed by atoms with Crippen LogP contribution in [-0.2, 0) is 19.1 Å². The largest absolute Gasteiger partial charge is 0.481 e. The first kappa shape index (κ1) is 24.7. The van der Waals surface area contributed by atoms with Gasteiger partial charge in [-0.15, -0.1) is 0 Å². The molecule has 2 N–H and O–H groups in total. The first-order chi connectivity index (χ1) is 16.8. The van der Waals surface area contributed by atoms with Crippen molar-refractivity contribution in [1.29, 1.82) is 0 Å². The summed E-state index contributed by atoms with van der Waals surface area (Å²) in [5, 5.41) is 12.1. The fraction of sp³-hybridized carbons (Fsp3) is 0.444. The number of methoxy groups -OCH3 is 1. The molecule has 2 aliphatic rings. The fourth-order valence-electron chi connectivity index (χ4n) is 4.87. The first-order valence-electron chi connectivity index (χ1n) is 11.9. The highest BCUT2D eigenvalue weighted by atomic mass is 16.5. The van der Waals surface area contributed by atoms with E-state index in [0.29, 0.717) is 25.9 Å². The number of carboxylic acid groups (broad SMARTS) is 1. The molecule has 4 rings (SSSR count). The summed E-state index contributed by atoms with van der Waals surface area (Å²) in [4.78, 5) is 38.2. The van der Waals surface area contributed by atoms with Crippen molar-refractivity contribution in [3.05, 3.63) is 59.7 Å². The molecule has 1 fully saturated rings. The number of alkyl carbamates (subject to hydrolysis) is 1. The van der Waals surface area contributed by atoms with Gasteiger partial charge < -0.3 is 24.8 Å². The molecule has 1 unspecified atom stereocenters. The average molecular weight is 481 g/mol. The number of fused-ring (bicyclic) bond motifs is 3. The lowest BCUT2D eigenvalue weighted by atomic mass is 9.80. The summed E-state index contributed by atoms with van der Waals surface area (Å²) < 4.78 is 10.9. The zero-order valence-corrected chi connectivity index (χ0v) is 20.2. The highest BCUT2D eigenvalue weighted by Crippen LogP contribution is 2.44. The number of likely N-dealkylation sites (tertiary alicyclic amines) is 1. The van der Waals surface area contributed by atoms with Gasteiger partial charge in [0.1, 0.15) is 6.61 Å². The molecule has 186 valence electrons. The van der Waals surface area contributed by atoms with Crippen LogP contribution in [0.25, 0.3) is 11.1 Å². The molecule has 0 saturated carbocycles. The van der Waals surface area contributed by atoms with Crippen molar-refractivity contribution < 1.29 is 29.0 Å². The highest BCUT2D eigenvalue weighted by Gasteiger charge is 2.38. The van der Waals surface area contributed by atoms with Crippen LogP contribution in [0.3, 0.4) is 0 Å². The standard InChI is InChI=1S/C27H32N2O6/c1-27(25(31)32)11-13-29(14-12-27)24(30)15-18(34-2)16-28-26(33)35-17-23-21-9-5-3-7-19(21)20-8-4-6-10-22(20)23/h3-10,18,23H,11-17H2,1-2H3,(H,28,33)(H,31,32). The lowest BCUT2D eigenvalue weighted by molar-refractivity contribution is -0.153. The summed E-state index contributed by atoms with van der Waals surface area (Å²) in [6.07, 6.45) is -0.121. The maximum atomic E-state index is 12.7. The van der Waals surface area contributed by atoms with E-state index in [1.165, 1.54) is 7.11 Å². The molecule has 1 aliphatic heterocycles. The van der Waals surface area contributed by atoms with Gasteiger partial charge in [0.15, 0.2) is 0 Å². The summed E-state index contributed by atoms with van der Waals surface area (Å²) in [7, 11) is 1.50. The molecule has 0 bridgehead atoms. The van der Waals surface area contributed by atoms with E-state index >= 15 is 0 Å². The number of amides is 2. The number of nitrogens with one attached hydrogen (secondary N) is 1. The van der Waals surface area contributed by atoms with E-state index in [-0.39, 0.29) is 31.4 Å². The van der Waals surface area contributed by atoms with Gasteiger partial charge in [0.2, 0.25) is 5.91 Å². The van der Waals surface area contributed by atoms with E-state index in [2.05, 4.69) is 29.6 Å². The Morgan fingerprint density at radius 3 is 2.17 bits per heavy atom. The van der Waals surface area contributed by atoms with Gasteiger partial charge in [0.25, 0.3) is 0 Å². The molecular weight excluding hydrogens is 448 g/mol. The first-order valence-corrected chi connectivity index (χ1v) is 11.9. The van der Waals surface area contributed by atoms with Crippen molar-refractivity contribution in [3.8, 4) is 11.1 Å². The minimum absolute atomic E-state index is 0.0245. The molecule has 8 nitrogen and oxygen atoms in total. The molecule has 8 heteroatoms. The number of carboxylic acids is 1. The van der Waals surface area contributed by atoms with E-state index < -0.39 is 23.6 Å². The molecule has 1 aliphatic carbocycles. The Morgan fingerprint density at radius 1 is 1.06 bits per heavy atom. The van der Waals surface area contributed by atoms with Crippen molar-refractivity contribution in [2.75, 3.05) is 33.4 Å². The zero-order chi connectivity index (χ0) is 25.0. The smallest absolute Gasteiger partial charge is 0.407 e. The van der Waals surface area contributed by atoms with E-state index in [9.17, 15) is 19.5 Å². The second-order valence-electron chi connectivity index (χ2n) is 9.51. The minimum Gasteiger partial charge on any atom is -0.481 e. The third kappa shape index (κ3) is 5.32. The number of carbonyl (C=O) groups excluding carboxylic acids is 2. The maximum Gasteiger partial charge on any atom is 0.407 e. The Morgan fingerprint density at radius 2 is 1.63 bits per heavy atom. The Kier molecular flexibility index (Phi) is 7.40. The molecule has 2 aromatic carbocycles. The molecule has 0 spiro atoms. The summed E-state index contributed by atoms with van der Waals surface area (Å²) in [5.74, 6) is -0.964. The van der Waals surface area contributed by atoms with Crippen LogP contribution >= 0.6 is 0 Å². The van der Waals surface area contributed by atoms with Crippen molar-refractivity contribution in [2.24, 2.45) is 5.41 Å². The lowest BCUT2D eigenvalue weighted by Gasteiger charge is -2.36. The quantitative estimate of drug-likeness (QED) is 0.598. The molecule has 1 heterocycles. The summed E-state index contributed by atoms with van der Waals surface area (Å²) >= 11 is 0. The van der Waals surface area contributed by atoms with Crippen LogP contribution < -0.4 is 5.32 Å². The maximum absolute atomic E-state index is 12.7. The van der Waals surface area contributed by atoms with Crippen LogP contribution in [0.5, 0.6) is 0 Å². The molecule has 1 saturated heterocycles. The Bertz CT molecular complexity index is 1050. The number of benzene rings is 2. The zero-order valence-electron chi connectivity index (χ0n) is 20.2. The van der Waals surface area contributed by atoms with Crippen molar-refractivity contribution in [1.82, 2.24) is 10.2 Å². The molecular formula is C27H32N2O6. The predicted molar refractivity (Wildman–Crippen MR) is 130 cm³/mol. The average Bonchev–Trinajstić information content (AvgIpc) is 3.19. The molecule has 0 aromatic heterocycles. The van der Waals surface area contributed by atoms with Crippen molar-refractivity contribution in [2.45, 2.75) is 38.2 Å². The molecule has 35 heavy (non-hydrogen) atoms. The van der Waals surface area contributed by atoms with Gasteiger partial charge in [-0.3, -0.25) is 9.59 Å². The number of aliphatic carboxylic acids is 1. The number of carbonyl (C=O) groups is 3. The Labute approximate surface area is 205 Å². The number of hydrogen-bond acceptors (Lipinski definition) is 5. The topological polar surface area (TPSA) is 105 Å². The van der Waals surface area contributed by atoms with Crippen LogP contribution in [0.15, 0.2) is 48.5 Å². The van der Waals surface area contributed by atoms with Crippen LogP contribution in [-0.4, -0.2) is 67.4 Å². The second kappa shape index (κ2) is 10.5. The Hall–Kier alpha value is -3.39. The van der Waals surface area contributed by atoms with Gasteiger partial charge in [-0.1, -0.05) is 48.5 Å². The van der Waals surface area contributed by atoms with E-state index in [4.69, 9.17) is 9.47 Å². The number of piperidine rings is 1. The normalized spacial score (nSPS) is 17.3. The van der Waals surface area contributed by atoms with E-state index in [1.807, 2.05) is 24.3 Å². The monoisotopic (exact) mass is 480 g/mol. The van der Waals surface area contributed by atoms with Crippen LogP contribution in [0.4, 0.5) is 4.79 Å². The molecule has 2 aromatic rings. The van der Waals surface area contributed by atoms with Crippen molar-refractivity contribution in [3.63, 3.8) is 0 Å². The van der Waals surface area contributed by atoms with Crippen LogP contribution in [0.2, 0.25) is 0 Å². The summed E-state index contributed by atoms with van der Waals surface area (Å²) in [5.41, 5.74) is 3.82. The SMILES string of the molecule is COC(CNC(=O)OCC1c2ccccc2-c2ccccc21)CC(=O)N1CCC(C)(C(=O)O)CC1. The van der Waals surface area contributed by atoms with Crippen LogP contribution in [0.1, 0.15) is 43.2 Å². The Balaban J connectivity index is 1.25. The van der Waals surface area contributed by atoms with Crippen molar-refractivity contribution >= 4 is 18.0 Å². The number of nitrogens with zero attached hydrogens (tertiary/aromatic N) is 1. The number of rotatable bonds is 8. The van der Waals surface area contributed by atoms with Gasteiger partial charge in [0, 0.05) is 32.7 Å². The molecule has 0 radical (unpaired) electrons.